The SMILES string of the molecule is c1ccc(-n2cc3c(n2)CCC(N2CCc4ccccc4C2)C3)nc1. The Bertz CT molecular complexity index is 884. The van der Waals surface area contributed by atoms with Crippen molar-refractivity contribution in [3.05, 3.63) is 77.2 Å². The van der Waals surface area contributed by atoms with E-state index in [0.29, 0.717) is 6.04 Å². The fourth-order valence-corrected chi connectivity index (χ4v) is 4.23. The molecule has 0 amide bonds. The predicted octanol–water partition coefficient (Wildman–Crippen LogP) is 3.18. The number of hydrogen-bond donors (Lipinski definition) is 0. The third kappa shape index (κ3) is 2.76. The highest BCUT2D eigenvalue weighted by molar-refractivity contribution is 5.31. The average Bonchev–Trinajstić information content (AvgIpc) is 3.11. The number of nitrogens with zero attached hydrogens (tertiary/aromatic N) is 4. The molecule has 1 unspecified atom stereocenters. The van der Waals surface area contributed by atoms with Gasteiger partial charge >= 0.3 is 0 Å². The summed E-state index contributed by atoms with van der Waals surface area (Å²) in [5.74, 6) is 0.903. The van der Waals surface area contributed by atoms with E-state index in [2.05, 4.69) is 40.3 Å². The molecule has 0 radical (unpaired) electrons. The molecular formula is C21H22N4. The number of aromatic nitrogens is 3. The predicted molar refractivity (Wildman–Crippen MR) is 97.7 cm³/mol. The highest BCUT2D eigenvalue weighted by atomic mass is 15.3. The second-order valence-electron chi connectivity index (χ2n) is 7.12. The van der Waals surface area contributed by atoms with Crippen LogP contribution in [0.25, 0.3) is 5.82 Å². The lowest BCUT2D eigenvalue weighted by atomic mass is 9.90. The van der Waals surface area contributed by atoms with E-state index < -0.39 is 0 Å². The van der Waals surface area contributed by atoms with E-state index >= 15 is 0 Å². The maximum Gasteiger partial charge on any atom is 0.153 e. The van der Waals surface area contributed by atoms with E-state index in [1.165, 1.54) is 41.8 Å². The fraction of sp³-hybridized carbons (Fsp3) is 0.333. The number of rotatable bonds is 2. The molecule has 3 aromatic rings. The molecule has 1 atom stereocenters. The molecule has 4 heteroatoms. The minimum Gasteiger partial charge on any atom is -0.295 e. The molecule has 25 heavy (non-hydrogen) atoms. The molecular weight excluding hydrogens is 308 g/mol. The largest absolute Gasteiger partial charge is 0.295 e. The Hall–Kier alpha value is -2.46. The average molecular weight is 330 g/mol. The molecule has 1 aliphatic heterocycles. The van der Waals surface area contributed by atoms with Crippen LogP contribution in [0, 0.1) is 0 Å². The van der Waals surface area contributed by atoms with Gasteiger partial charge in [0.25, 0.3) is 0 Å². The van der Waals surface area contributed by atoms with Crippen molar-refractivity contribution < 1.29 is 0 Å². The van der Waals surface area contributed by atoms with Gasteiger partial charge in [0.15, 0.2) is 5.82 Å². The molecule has 4 nitrogen and oxygen atoms in total. The van der Waals surface area contributed by atoms with Crippen LogP contribution in [-0.2, 0) is 25.8 Å². The third-order valence-electron chi connectivity index (χ3n) is 5.61. The van der Waals surface area contributed by atoms with Crippen molar-refractivity contribution in [1.82, 2.24) is 19.7 Å². The highest BCUT2D eigenvalue weighted by Crippen LogP contribution is 2.28. The first-order valence-electron chi connectivity index (χ1n) is 9.16. The summed E-state index contributed by atoms with van der Waals surface area (Å²) >= 11 is 0. The van der Waals surface area contributed by atoms with Crippen molar-refractivity contribution in [2.45, 2.75) is 38.3 Å². The molecule has 0 fully saturated rings. The topological polar surface area (TPSA) is 34.0 Å². The Morgan fingerprint density at radius 3 is 2.68 bits per heavy atom. The maximum absolute atomic E-state index is 4.77. The molecule has 0 saturated carbocycles. The van der Waals surface area contributed by atoms with Crippen molar-refractivity contribution in [2.24, 2.45) is 0 Å². The first kappa shape index (κ1) is 14.8. The molecule has 5 rings (SSSR count). The number of pyridine rings is 1. The lowest BCUT2D eigenvalue weighted by molar-refractivity contribution is 0.163. The summed E-state index contributed by atoms with van der Waals surface area (Å²) in [4.78, 5) is 7.09. The third-order valence-corrected chi connectivity index (χ3v) is 5.61. The molecule has 126 valence electrons. The minimum absolute atomic E-state index is 0.627. The summed E-state index contributed by atoms with van der Waals surface area (Å²) in [6.07, 6.45) is 8.55. The number of benzene rings is 1. The Kier molecular flexibility index (Phi) is 3.63. The molecule has 3 heterocycles. The zero-order valence-electron chi connectivity index (χ0n) is 14.3. The smallest absolute Gasteiger partial charge is 0.153 e. The summed E-state index contributed by atoms with van der Waals surface area (Å²) in [5, 5.41) is 4.77. The van der Waals surface area contributed by atoms with E-state index in [1.807, 2.05) is 29.1 Å². The van der Waals surface area contributed by atoms with Crippen molar-refractivity contribution in [2.75, 3.05) is 6.54 Å². The standard InChI is InChI=1S/C21H22N4/c1-2-6-17-14-24(12-10-16(17)5-1)19-8-9-20-18(13-19)15-25(23-20)21-7-3-4-11-22-21/h1-7,11,15,19H,8-10,12-14H2. The van der Waals surface area contributed by atoms with E-state index in [9.17, 15) is 0 Å². The van der Waals surface area contributed by atoms with E-state index in [0.717, 1.165) is 25.2 Å². The summed E-state index contributed by atoms with van der Waals surface area (Å²) in [6.45, 7) is 2.26. The van der Waals surface area contributed by atoms with Gasteiger partial charge in [-0.15, -0.1) is 0 Å². The van der Waals surface area contributed by atoms with Gasteiger partial charge in [-0.25, -0.2) is 9.67 Å². The van der Waals surface area contributed by atoms with Gasteiger partial charge in [-0.05, 0) is 54.5 Å². The zero-order chi connectivity index (χ0) is 16.6. The van der Waals surface area contributed by atoms with Gasteiger partial charge in [0.05, 0.1) is 5.69 Å². The molecule has 1 aromatic carbocycles. The first-order chi connectivity index (χ1) is 12.4. The number of fused-ring (bicyclic) bond motifs is 2. The molecule has 1 aliphatic carbocycles. The van der Waals surface area contributed by atoms with Crippen LogP contribution in [0.2, 0.25) is 0 Å². The van der Waals surface area contributed by atoms with E-state index in [1.54, 1.807) is 0 Å². The summed E-state index contributed by atoms with van der Waals surface area (Å²) < 4.78 is 1.94. The van der Waals surface area contributed by atoms with Gasteiger partial charge in [-0.3, -0.25) is 4.90 Å². The normalized spacial score (nSPS) is 20.1. The second kappa shape index (κ2) is 6.12. The van der Waals surface area contributed by atoms with Gasteiger partial charge < -0.3 is 0 Å². The Labute approximate surface area is 148 Å². The van der Waals surface area contributed by atoms with Crippen molar-refractivity contribution >= 4 is 0 Å². The van der Waals surface area contributed by atoms with Crippen LogP contribution < -0.4 is 0 Å². The Morgan fingerprint density at radius 1 is 0.920 bits per heavy atom. The van der Waals surface area contributed by atoms with Gasteiger partial charge in [-0.1, -0.05) is 30.3 Å². The van der Waals surface area contributed by atoms with Crippen LogP contribution >= 0.6 is 0 Å². The molecule has 0 bridgehead atoms. The van der Waals surface area contributed by atoms with Crippen LogP contribution in [0.3, 0.4) is 0 Å². The molecule has 0 N–H and O–H groups in total. The van der Waals surface area contributed by atoms with Crippen LogP contribution in [0.4, 0.5) is 0 Å². The Morgan fingerprint density at radius 2 is 1.80 bits per heavy atom. The van der Waals surface area contributed by atoms with Gasteiger partial charge in [-0.2, -0.15) is 5.10 Å². The van der Waals surface area contributed by atoms with Crippen LogP contribution in [0.1, 0.15) is 28.8 Å². The van der Waals surface area contributed by atoms with Crippen molar-refractivity contribution in [3.63, 3.8) is 0 Å². The lowest BCUT2D eigenvalue weighted by Gasteiger charge is -2.37. The summed E-state index contributed by atoms with van der Waals surface area (Å²) in [6, 6.07) is 15.5. The second-order valence-corrected chi connectivity index (χ2v) is 7.12. The van der Waals surface area contributed by atoms with Crippen molar-refractivity contribution in [3.8, 4) is 5.82 Å². The molecule has 0 saturated heterocycles. The molecule has 2 aliphatic rings. The highest BCUT2D eigenvalue weighted by Gasteiger charge is 2.28. The van der Waals surface area contributed by atoms with E-state index in [-0.39, 0.29) is 0 Å². The summed E-state index contributed by atoms with van der Waals surface area (Å²) in [5.41, 5.74) is 5.67. The molecule has 2 aromatic heterocycles. The van der Waals surface area contributed by atoms with Crippen LogP contribution in [0.5, 0.6) is 0 Å². The monoisotopic (exact) mass is 330 g/mol. The van der Waals surface area contributed by atoms with E-state index in [4.69, 9.17) is 5.10 Å². The number of aryl methyl sites for hydroxylation is 1. The van der Waals surface area contributed by atoms with Gasteiger partial charge in [0.2, 0.25) is 0 Å². The van der Waals surface area contributed by atoms with Crippen LogP contribution in [0.15, 0.2) is 54.9 Å². The zero-order valence-corrected chi connectivity index (χ0v) is 14.3. The molecule has 0 spiro atoms. The quantitative estimate of drug-likeness (QED) is 0.724. The van der Waals surface area contributed by atoms with Crippen molar-refractivity contribution in [1.29, 1.82) is 0 Å². The summed E-state index contributed by atoms with van der Waals surface area (Å²) in [7, 11) is 0. The van der Waals surface area contributed by atoms with Gasteiger partial charge in [0, 0.05) is 31.5 Å². The van der Waals surface area contributed by atoms with Crippen LogP contribution in [-0.4, -0.2) is 32.3 Å². The minimum atomic E-state index is 0.627. The fourth-order valence-electron chi connectivity index (χ4n) is 4.23. The Balaban J connectivity index is 1.36. The van der Waals surface area contributed by atoms with Gasteiger partial charge in [0.1, 0.15) is 0 Å². The number of hydrogen-bond acceptors (Lipinski definition) is 3. The first-order valence-corrected chi connectivity index (χ1v) is 9.16. The lowest BCUT2D eigenvalue weighted by Crippen LogP contribution is -2.42. The maximum atomic E-state index is 4.77.